The molecule has 7 nitrogen and oxygen atoms in total. The lowest BCUT2D eigenvalue weighted by Gasteiger charge is -2.22. The highest BCUT2D eigenvalue weighted by Crippen LogP contribution is 2.50. The number of carbonyl (C=O) groups is 2. The molecule has 10 heteroatoms. The number of nitrogens with one attached hydrogen (secondary N) is 1. The minimum atomic E-state index is -0.930. The molecule has 1 amide bonds. The van der Waals surface area contributed by atoms with Gasteiger partial charge in [-0.05, 0) is 52.7 Å². The van der Waals surface area contributed by atoms with Crippen LogP contribution in [0, 0.1) is 0 Å². The summed E-state index contributed by atoms with van der Waals surface area (Å²) in [5, 5.41) is 7.57. The molecule has 1 saturated carbocycles. The lowest BCUT2D eigenvalue weighted by molar-refractivity contribution is 0.0468. The van der Waals surface area contributed by atoms with Crippen LogP contribution in [0.25, 0.3) is 11.3 Å². The van der Waals surface area contributed by atoms with E-state index in [0.717, 1.165) is 0 Å². The van der Waals surface area contributed by atoms with Crippen LogP contribution in [0.3, 0.4) is 0 Å². The van der Waals surface area contributed by atoms with Crippen molar-refractivity contribution >= 4 is 46.9 Å². The van der Waals surface area contributed by atoms with E-state index in [1.807, 2.05) is 0 Å². The van der Waals surface area contributed by atoms with Gasteiger partial charge in [0.25, 0.3) is 0 Å². The lowest BCUT2D eigenvalue weighted by atomic mass is 10.0. The topological polar surface area (TPSA) is 90.7 Å². The molecular formula is C20H21Cl3N2O5. The standard InChI is InChI=1S/C20H21Cl3N2O5/c1-5-28-17(26)14-15(13-11(22)8-10(21)9-12(13)23)25-30-16(14)20(6-7-20)24-18(27)29-19(2,3)4/h8-9H,5-7H2,1-4H3,(H,24,27). The van der Waals surface area contributed by atoms with Crippen LogP contribution in [0.4, 0.5) is 4.79 Å². The van der Waals surface area contributed by atoms with Crippen LogP contribution in [0.2, 0.25) is 15.1 Å². The van der Waals surface area contributed by atoms with Crippen LogP contribution in [0.15, 0.2) is 16.7 Å². The summed E-state index contributed by atoms with van der Waals surface area (Å²) in [6.07, 6.45) is 0.445. The average Bonchev–Trinajstić information content (AvgIpc) is 3.21. The third-order valence-electron chi connectivity index (χ3n) is 4.34. The molecule has 0 spiro atoms. The summed E-state index contributed by atoms with van der Waals surface area (Å²) < 4.78 is 16.1. The summed E-state index contributed by atoms with van der Waals surface area (Å²) >= 11 is 18.6. The quantitative estimate of drug-likeness (QED) is 0.534. The number of hydrogen-bond acceptors (Lipinski definition) is 6. The van der Waals surface area contributed by atoms with E-state index in [2.05, 4.69) is 10.5 Å². The molecule has 1 heterocycles. The molecule has 0 saturated heterocycles. The minimum absolute atomic E-state index is 0.0523. The van der Waals surface area contributed by atoms with Crippen LogP contribution in [-0.4, -0.2) is 29.4 Å². The van der Waals surface area contributed by atoms with Gasteiger partial charge in [0.05, 0.1) is 16.7 Å². The highest BCUT2D eigenvalue weighted by Gasteiger charge is 2.53. The Morgan fingerprint density at radius 3 is 2.30 bits per heavy atom. The Balaban J connectivity index is 2.07. The molecule has 0 bridgehead atoms. The lowest BCUT2D eigenvalue weighted by Crippen LogP contribution is -2.39. The van der Waals surface area contributed by atoms with Crippen molar-refractivity contribution in [2.75, 3.05) is 6.61 Å². The van der Waals surface area contributed by atoms with E-state index >= 15 is 0 Å². The van der Waals surface area contributed by atoms with Gasteiger partial charge in [-0.25, -0.2) is 9.59 Å². The Morgan fingerprint density at radius 1 is 1.20 bits per heavy atom. The number of alkyl carbamates (subject to hydrolysis) is 1. The van der Waals surface area contributed by atoms with Crippen LogP contribution in [0.1, 0.15) is 56.7 Å². The number of carbonyl (C=O) groups excluding carboxylic acids is 2. The van der Waals surface area contributed by atoms with Crippen molar-refractivity contribution in [2.24, 2.45) is 0 Å². The predicted octanol–water partition coefficient (Wildman–Crippen LogP) is 5.99. The highest BCUT2D eigenvalue weighted by atomic mass is 35.5. The SMILES string of the molecule is CCOC(=O)c1c(-c2c(Cl)cc(Cl)cc2Cl)noc1C1(NC(=O)OC(C)(C)C)CC1. The van der Waals surface area contributed by atoms with Gasteiger partial charge in [-0.1, -0.05) is 40.0 Å². The first-order chi connectivity index (χ1) is 14.0. The first-order valence-electron chi connectivity index (χ1n) is 9.31. The van der Waals surface area contributed by atoms with E-state index in [-0.39, 0.29) is 39.2 Å². The maximum Gasteiger partial charge on any atom is 0.408 e. The fraction of sp³-hybridized carbons (Fsp3) is 0.450. The Bertz CT molecular complexity index is 970. The molecule has 1 aliphatic rings. The summed E-state index contributed by atoms with van der Waals surface area (Å²) in [6.45, 7) is 7.09. The number of nitrogens with zero attached hydrogens (tertiary/aromatic N) is 1. The number of benzene rings is 1. The van der Waals surface area contributed by atoms with E-state index < -0.39 is 23.2 Å². The van der Waals surface area contributed by atoms with Crippen LogP contribution in [0.5, 0.6) is 0 Å². The fourth-order valence-corrected chi connectivity index (χ4v) is 3.98. The molecule has 1 aromatic carbocycles. The fourth-order valence-electron chi connectivity index (χ4n) is 2.98. The molecule has 1 aliphatic carbocycles. The van der Waals surface area contributed by atoms with Gasteiger partial charge < -0.3 is 19.3 Å². The second-order valence-corrected chi connectivity index (χ2v) is 9.16. The number of aromatic nitrogens is 1. The number of hydrogen-bond donors (Lipinski definition) is 1. The monoisotopic (exact) mass is 474 g/mol. The molecule has 0 aliphatic heterocycles. The molecule has 0 unspecified atom stereocenters. The zero-order chi connectivity index (χ0) is 22.3. The molecule has 162 valence electrons. The van der Waals surface area contributed by atoms with E-state index in [9.17, 15) is 9.59 Å². The van der Waals surface area contributed by atoms with Crippen molar-refractivity contribution in [3.63, 3.8) is 0 Å². The Kier molecular flexibility index (Phi) is 6.28. The third kappa shape index (κ3) is 4.68. The smallest absolute Gasteiger partial charge is 0.408 e. The third-order valence-corrected chi connectivity index (χ3v) is 5.15. The van der Waals surface area contributed by atoms with Crippen molar-refractivity contribution in [1.29, 1.82) is 0 Å². The summed E-state index contributed by atoms with van der Waals surface area (Å²) in [6, 6.07) is 2.97. The van der Waals surface area contributed by atoms with Gasteiger partial charge >= 0.3 is 12.1 Å². The Labute approximate surface area is 188 Å². The first-order valence-corrected chi connectivity index (χ1v) is 10.4. The second-order valence-electron chi connectivity index (χ2n) is 7.91. The number of halogens is 3. The van der Waals surface area contributed by atoms with Gasteiger partial charge in [-0.3, -0.25) is 0 Å². The van der Waals surface area contributed by atoms with Crippen molar-refractivity contribution in [2.45, 2.75) is 51.7 Å². The summed E-state index contributed by atoms with van der Waals surface area (Å²) in [4.78, 5) is 25.2. The van der Waals surface area contributed by atoms with Gasteiger partial charge in [0.2, 0.25) is 0 Å². The molecule has 0 atom stereocenters. The van der Waals surface area contributed by atoms with Crippen LogP contribution in [-0.2, 0) is 15.0 Å². The first kappa shape index (κ1) is 22.7. The Hall–Kier alpha value is -1.96. The van der Waals surface area contributed by atoms with Crippen LogP contribution < -0.4 is 5.32 Å². The van der Waals surface area contributed by atoms with E-state index in [1.165, 1.54) is 12.1 Å². The van der Waals surface area contributed by atoms with Gasteiger partial charge in [-0.15, -0.1) is 0 Å². The molecule has 1 aromatic heterocycles. The molecule has 30 heavy (non-hydrogen) atoms. The number of amides is 1. The zero-order valence-corrected chi connectivity index (χ0v) is 19.2. The number of esters is 1. The van der Waals surface area contributed by atoms with Crippen molar-refractivity contribution in [3.8, 4) is 11.3 Å². The minimum Gasteiger partial charge on any atom is -0.462 e. The zero-order valence-electron chi connectivity index (χ0n) is 16.9. The summed E-state index contributed by atoms with van der Waals surface area (Å²) in [5.74, 6) is -0.494. The average molecular weight is 476 g/mol. The molecule has 1 N–H and O–H groups in total. The van der Waals surface area contributed by atoms with Crippen molar-refractivity contribution < 1.29 is 23.6 Å². The van der Waals surface area contributed by atoms with Gasteiger partial charge in [-0.2, -0.15) is 0 Å². The van der Waals surface area contributed by atoms with E-state index in [4.69, 9.17) is 48.8 Å². The predicted molar refractivity (Wildman–Crippen MR) is 113 cm³/mol. The van der Waals surface area contributed by atoms with Crippen molar-refractivity contribution in [3.05, 3.63) is 38.5 Å². The van der Waals surface area contributed by atoms with Gasteiger partial charge in [0.1, 0.15) is 22.4 Å². The number of rotatable bonds is 5. The van der Waals surface area contributed by atoms with Crippen molar-refractivity contribution in [1.82, 2.24) is 10.5 Å². The largest absolute Gasteiger partial charge is 0.462 e. The Morgan fingerprint density at radius 2 is 1.80 bits per heavy atom. The maximum absolute atomic E-state index is 12.8. The summed E-state index contributed by atoms with van der Waals surface area (Å²) in [5.41, 5.74) is -1.15. The molecular weight excluding hydrogens is 455 g/mol. The maximum atomic E-state index is 12.8. The summed E-state index contributed by atoms with van der Waals surface area (Å²) in [7, 11) is 0. The second kappa shape index (κ2) is 8.29. The molecule has 2 aromatic rings. The van der Waals surface area contributed by atoms with E-state index in [0.29, 0.717) is 17.9 Å². The number of ether oxygens (including phenoxy) is 2. The van der Waals surface area contributed by atoms with Gasteiger partial charge in [0.15, 0.2) is 5.76 Å². The molecule has 0 radical (unpaired) electrons. The molecule has 3 rings (SSSR count). The highest BCUT2D eigenvalue weighted by molar-refractivity contribution is 6.42. The van der Waals surface area contributed by atoms with Gasteiger partial charge in [0, 0.05) is 10.6 Å². The normalized spacial score (nSPS) is 14.9. The van der Waals surface area contributed by atoms with E-state index in [1.54, 1.807) is 27.7 Å². The molecule has 1 fully saturated rings. The van der Waals surface area contributed by atoms with Crippen LogP contribution >= 0.6 is 34.8 Å².